The largest absolute Gasteiger partial charge is 0.359 e. The molecule has 0 unspecified atom stereocenters. The van der Waals surface area contributed by atoms with Crippen molar-refractivity contribution in [3.63, 3.8) is 0 Å². The van der Waals surface area contributed by atoms with Crippen molar-refractivity contribution in [1.82, 2.24) is 20.3 Å². The second-order valence-corrected chi connectivity index (χ2v) is 7.36. The van der Waals surface area contributed by atoms with Crippen molar-refractivity contribution in [2.75, 3.05) is 5.75 Å². The number of aromatic nitrogens is 3. The van der Waals surface area contributed by atoms with E-state index in [1.54, 1.807) is 4.68 Å². The lowest BCUT2D eigenvalue weighted by Gasteiger charge is -2.31. The summed E-state index contributed by atoms with van der Waals surface area (Å²) in [7, 11) is 1.90. The predicted molar refractivity (Wildman–Crippen MR) is 89.7 cm³/mol. The molecule has 0 radical (unpaired) electrons. The number of hydrogen-bond acceptors (Lipinski definition) is 5. The molecule has 1 fully saturated rings. The van der Waals surface area contributed by atoms with Crippen LogP contribution in [0.25, 0.3) is 11.3 Å². The second kappa shape index (κ2) is 7.33. The molecule has 2 aromatic heterocycles. The predicted octanol–water partition coefficient (Wildman–Crippen LogP) is 3.23. The molecule has 0 spiro atoms. The molecule has 2 heterocycles. The molecule has 1 aliphatic rings. The van der Waals surface area contributed by atoms with Crippen LogP contribution in [0.3, 0.4) is 0 Å². The van der Waals surface area contributed by atoms with Gasteiger partial charge in [0.25, 0.3) is 0 Å². The van der Waals surface area contributed by atoms with E-state index in [2.05, 4.69) is 34.3 Å². The fourth-order valence-corrected chi connectivity index (χ4v) is 4.29. The molecule has 0 saturated heterocycles. The molecule has 5 nitrogen and oxygen atoms in total. The van der Waals surface area contributed by atoms with E-state index in [-0.39, 0.29) is 0 Å². The molecule has 2 atom stereocenters. The Balaban J connectivity index is 1.58. The second-order valence-electron chi connectivity index (χ2n) is 5.85. The highest BCUT2D eigenvalue weighted by Crippen LogP contribution is 2.29. The molecule has 3 rings (SSSR count). The van der Waals surface area contributed by atoms with Crippen LogP contribution in [0.5, 0.6) is 0 Å². The van der Waals surface area contributed by atoms with E-state index in [0.717, 1.165) is 28.8 Å². The number of thioether (sulfide) groups is 1. The number of nitrogens with one attached hydrogen (secondary N) is 1. The molecule has 1 aliphatic carbocycles. The van der Waals surface area contributed by atoms with Crippen molar-refractivity contribution >= 4 is 11.8 Å². The van der Waals surface area contributed by atoms with Crippen LogP contribution in [0.2, 0.25) is 0 Å². The summed E-state index contributed by atoms with van der Waals surface area (Å²) in [4.78, 5) is 0. The molecule has 120 valence electrons. The van der Waals surface area contributed by atoms with Gasteiger partial charge in [-0.1, -0.05) is 24.9 Å². The zero-order valence-electron chi connectivity index (χ0n) is 13.3. The van der Waals surface area contributed by atoms with E-state index < -0.39 is 0 Å². The van der Waals surface area contributed by atoms with E-state index in [9.17, 15) is 0 Å². The molecule has 2 aromatic rings. The van der Waals surface area contributed by atoms with Crippen molar-refractivity contribution in [2.24, 2.45) is 7.05 Å². The Morgan fingerprint density at radius 2 is 2.27 bits per heavy atom. The Morgan fingerprint density at radius 1 is 1.41 bits per heavy atom. The maximum Gasteiger partial charge on any atom is 0.151 e. The molecule has 0 amide bonds. The SMILES string of the molecule is CCS[C@H]1CCCC[C@@H]1NCc1cc(-c2cnn(C)c2)no1. The monoisotopic (exact) mass is 320 g/mol. The minimum absolute atomic E-state index is 0.589. The van der Waals surface area contributed by atoms with Crippen molar-refractivity contribution in [3.8, 4) is 11.3 Å². The van der Waals surface area contributed by atoms with Crippen LogP contribution in [0.15, 0.2) is 23.0 Å². The molecule has 1 saturated carbocycles. The fourth-order valence-electron chi connectivity index (χ4n) is 3.06. The van der Waals surface area contributed by atoms with Gasteiger partial charge in [-0.25, -0.2) is 0 Å². The van der Waals surface area contributed by atoms with E-state index in [4.69, 9.17) is 4.52 Å². The average molecular weight is 320 g/mol. The van der Waals surface area contributed by atoms with Crippen molar-refractivity contribution in [1.29, 1.82) is 0 Å². The summed E-state index contributed by atoms with van der Waals surface area (Å²) in [6.45, 7) is 2.99. The summed E-state index contributed by atoms with van der Waals surface area (Å²) in [5.74, 6) is 2.08. The van der Waals surface area contributed by atoms with Gasteiger partial charge in [-0.05, 0) is 18.6 Å². The average Bonchev–Trinajstić information content (AvgIpc) is 3.15. The van der Waals surface area contributed by atoms with Gasteiger partial charge in [-0.2, -0.15) is 16.9 Å². The minimum atomic E-state index is 0.589. The number of nitrogens with zero attached hydrogens (tertiary/aromatic N) is 3. The van der Waals surface area contributed by atoms with Gasteiger partial charge in [-0.15, -0.1) is 0 Å². The molecule has 0 aromatic carbocycles. The maximum absolute atomic E-state index is 5.46. The summed E-state index contributed by atoms with van der Waals surface area (Å²) in [6, 6.07) is 2.60. The summed E-state index contributed by atoms with van der Waals surface area (Å²) >= 11 is 2.08. The lowest BCUT2D eigenvalue weighted by atomic mass is 9.95. The van der Waals surface area contributed by atoms with Crippen LogP contribution in [0.1, 0.15) is 38.4 Å². The highest BCUT2D eigenvalue weighted by molar-refractivity contribution is 7.99. The molecular weight excluding hydrogens is 296 g/mol. The van der Waals surface area contributed by atoms with Gasteiger partial charge in [0.05, 0.1) is 12.7 Å². The van der Waals surface area contributed by atoms with Crippen LogP contribution < -0.4 is 5.32 Å². The van der Waals surface area contributed by atoms with Gasteiger partial charge in [-0.3, -0.25) is 4.68 Å². The smallest absolute Gasteiger partial charge is 0.151 e. The zero-order chi connectivity index (χ0) is 15.4. The first-order valence-corrected chi connectivity index (χ1v) is 9.10. The number of aryl methyl sites for hydroxylation is 1. The summed E-state index contributed by atoms with van der Waals surface area (Å²) < 4.78 is 7.23. The Kier molecular flexibility index (Phi) is 5.20. The lowest BCUT2D eigenvalue weighted by Crippen LogP contribution is -2.40. The zero-order valence-corrected chi connectivity index (χ0v) is 14.1. The minimum Gasteiger partial charge on any atom is -0.359 e. The third-order valence-corrected chi connectivity index (χ3v) is 5.51. The molecule has 6 heteroatoms. The Labute approximate surface area is 135 Å². The quantitative estimate of drug-likeness (QED) is 0.885. The lowest BCUT2D eigenvalue weighted by molar-refractivity contribution is 0.337. The molecule has 22 heavy (non-hydrogen) atoms. The number of rotatable bonds is 6. The Hall–Kier alpha value is -1.27. The topological polar surface area (TPSA) is 55.9 Å². The van der Waals surface area contributed by atoms with Crippen molar-refractivity contribution in [2.45, 2.75) is 50.4 Å². The Bertz CT molecular complexity index is 592. The summed E-state index contributed by atoms with van der Waals surface area (Å²) in [5, 5.41) is 12.7. The van der Waals surface area contributed by atoms with Gasteiger partial charge in [0, 0.05) is 36.2 Å². The third kappa shape index (κ3) is 3.73. The first-order valence-electron chi connectivity index (χ1n) is 8.06. The van der Waals surface area contributed by atoms with Crippen LogP contribution >= 0.6 is 11.8 Å². The first kappa shape index (κ1) is 15.6. The van der Waals surface area contributed by atoms with Crippen LogP contribution in [-0.2, 0) is 13.6 Å². The summed E-state index contributed by atoms with van der Waals surface area (Å²) in [5.41, 5.74) is 1.85. The van der Waals surface area contributed by atoms with Crippen molar-refractivity contribution in [3.05, 3.63) is 24.2 Å². The molecule has 0 bridgehead atoms. The van der Waals surface area contributed by atoms with E-state index in [1.165, 1.54) is 31.4 Å². The van der Waals surface area contributed by atoms with Crippen LogP contribution in [0, 0.1) is 0 Å². The van der Waals surface area contributed by atoms with E-state index in [0.29, 0.717) is 6.04 Å². The van der Waals surface area contributed by atoms with Gasteiger partial charge >= 0.3 is 0 Å². The van der Waals surface area contributed by atoms with Crippen LogP contribution in [-0.4, -0.2) is 32.0 Å². The van der Waals surface area contributed by atoms with Crippen LogP contribution in [0.4, 0.5) is 0 Å². The summed E-state index contributed by atoms with van der Waals surface area (Å²) in [6.07, 6.45) is 9.04. The van der Waals surface area contributed by atoms with Gasteiger partial charge in [0.1, 0.15) is 5.69 Å². The number of hydrogen-bond donors (Lipinski definition) is 1. The van der Waals surface area contributed by atoms with E-state index >= 15 is 0 Å². The molecule has 0 aliphatic heterocycles. The maximum atomic E-state index is 5.46. The normalized spacial score (nSPS) is 22.1. The highest BCUT2D eigenvalue weighted by Gasteiger charge is 2.24. The van der Waals surface area contributed by atoms with Gasteiger partial charge in [0.15, 0.2) is 5.76 Å². The fraction of sp³-hybridized carbons (Fsp3) is 0.625. The Morgan fingerprint density at radius 3 is 3.05 bits per heavy atom. The van der Waals surface area contributed by atoms with Gasteiger partial charge in [0.2, 0.25) is 0 Å². The highest BCUT2D eigenvalue weighted by atomic mass is 32.2. The third-order valence-electron chi connectivity index (χ3n) is 4.18. The molecular formula is C16H24N4OS. The van der Waals surface area contributed by atoms with E-state index in [1.807, 2.05) is 25.5 Å². The standard InChI is InChI=1S/C16H24N4OS/c1-3-22-16-7-5-4-6-14(16)17-10-13-8-15(19-21-13)12-9-18-20(2)11-12/h8-9,11,14,16-17H,3-7,10H2,1-2H3/t14-,16-/m0/s1. The first-order chi connectivity index (χ1) is 10.8. The van der Waals surface area contributed by atoms with Gasteiger partial charge < -0.3 is 9.84 Å². The van der Waals surface area contributed by atoms with Crippen molar-refractivity contribution < 1.29 is 4.52 Å². The molecule has 1 N–H and O–H groups in total.